The molecule has 0 saturated carbocycles. The van der Waals surface area contributed by atoms with E-state index in [0.717, 1.165) is 6.42 Å². The summed E-state index contributed by atoms with van der Waals surface area (Å²) in [5, 5.41) is 1.21. The first kappa shape index (κ1) is 11.8. The molecule has 0 saturated heterocycles. The quantitative estimate of drug-likeness (QED) is 0.841. The van der Waals surface area contributed by atoms with Gasteiger partial charge in [0.05, 0.1) is 10.0 Å². The molecule has 1 aromatic carbocycles. The lowest BCUT2D eigenvalue weighted by molar-refractivity contribution is 0.586. The highest BCUT2D eigenvalue weighted by Crippen LogP contribution is 2.28. The van der Waals surface area contributed by atoms with Gasteiger partial charge in [-0.1, -0.05) is 36.2 Å². The molecule has 0 aliphatic heterocycles. The lowest BCUT2D eigenvalue weighted by atomic mass is 9.95. The molecule has 2 N–H and O–H groups in total. The Bertz CT molecular complexity index is 310. The van der Waals surface area contributed by atoms with Gasteiger partial charge in [-0.3, -0.25) is 0 Å². The highest BCUT2D eigenvalue weighted by atomic mass is 35.5. The number of benzene rings is 1. The molecule has 0 aliphatic carbocycles. The van der Waals surface area contributed by atoms with E-state index in [1.807, 2.05) is 25.1 Å². The second-order valence-electron chi connectivity index (χ2n) is 3.79. The Morgan fingerprint density at radius 2 is 1.86 bits per heavy atom. The SMILES string of the molecule is CC(N)CC(C)c1ccc(Cl)c(Cl)c1. The normalized spacial score (nSPS) is 15.2. The summed E-state index contributed by atoms with van der Waals surface area (Å²) in [5.41, 5.74) is 6.93. The Morgan fingerprint density at radius 3 is 2.36 bits per heavy atom. The van der Waals surface area contributed by atoms with Crippen molar-refractivity contribution < 1.29 is 0 Å². The molecule has 0 fully saturated rings. The molecule has 2 atom stereocenters. The van der Waals surface area contributed by atoms with Gasteiger partial charge in [-0.05, 0) is 37.0 Å². The first-order chi connectivity index (χ1) is 6.50. The molecule has 14 heavy (non-hydrogen) atoms. The fourth-order valence-corrected chi connectivity index (χ4v) is 1.82. The van der Waals surface area contributed by atoms with Crippen LogP contribution in [0.5, 0.6) is 0 Å². The monoisotopic (exact) mass is 231 g/mol. The zero-order chi connectivity index (χ0) is 10.7. The number of rotatable bonds is 3. The van der Waals surface area contributed by atoms with Crippen molar-refractivity contribution in [1.82, 2.24) is 0 Å². The first-order valence-electron chi connectivity index (χ1n) is 4.71. The first-order valence-corrected chi connectivity index (χ1v) is 5.47. The predicted molar refractivity (Wildman–Crippen MR) is 63.1 cm³/mol. The smallest absolute Gasteiger partial charge is 0.0595 e. The van der Waals surface area contributed by atoms with Gasteiger partial charge in [-0.15, -0.1) is 0 Å². The maximum Gasteiger partial charge on any atom is 0.0595 e. The molecule has 1 aromatic rings. The summed E-state index contributed by atoms with van der Waals surface area (Å²) in [4.78, 5) is 0. The number of halogens is 2. The molecule has 2 unspecified atom stereocenters. The molecule has 1 rings (SSSR count). The molecule has 78 valence electrons. The van der Waals surface area contributed by atoms with E-state index >= 15 is 0 Å². The van der Waals surface area contributed by atoms with Gasteiger partial charge >= 0.3 is 0 Å². The average molecular weight is 232 g/mol. The van der Waals surface area contributed by atoms with Crippen LogP contribution in [0, 0.1) is 0 Å². The van der Waals surface area contributed by atoms with Gasteiger partial charge < -0.3 is 5.73 Å². The molecule has 3 heteroatoms. The Labute approximate surface area is 95.2 Å². The second-order valence-corrected chi connectivity index (χ2v) is 4.60. The van der Waals surface area contributed by atoms with Crippen LogP contribution in [0.2, 0.25) is 10.0 Å². The lowest BCUT2D eigenvalue weighted by Gasteiger charge is -2.14. The summed E-state index contributed by atoms with van der Waals surface area (Å²) in [6.45, 7) is 4.15. The summed E-state index contributed by atoms with van der Waals surface area (Å²) >= 11 is 11.8. The van der Waals surface area contributed by atoms with Gasteiger partial charge in [0, 0.05) is 6.04 Å². The maximum absolute atomic E-state index is 5.93. The fraction of sp³-hybridized carbons (Fsp3) is 0.455. The number of hydrogen-bond donors (Lipinski definition) is 1. The van der Waals surface area contributed by atoms with Crippen molar-refractivity contribution in [3.8, 4) is 0 Å². The lowest BCUT2D eigenvalue weighted by Crippen LogP contribution is -2.17. The Balaban J connectivity index is 2.80. The third-order valence-electron chi connectivity index (χ3n) is 2.24. The van der Waals surface area contributed by atoms with Crippen LogP contribution in [0.4, 0.5) is 0 Å². The van der Waals surface area contributed by atoms with Gasteiger partial charge in [0.15, 0.2) is 0 Å². The average Bonchev–Trinajstić information content (AvgIpc) is 2.08. The number of hydrogen-bond acceptors (Lipinski definition) is 1. The van der Waals surface area contributed by atoms with E-state index in [-0.39, 0.29) is 6.04 Å². The number of nitrogens with two attached hydrogens (primary N) is 1. The Morgan fingerprint density at radius 1 is 1.21 bits per heavy atom. The molecule has 0 radical (unpaired) electrons. The molecule has 0 aromatic heterocycles. The Kier molecular flexibility index (Phi) is 4.24. The molecule has 0 amide bonds. The summed E-state index contributed by atoms with van der Waals surface area (Å²) in [6, 6.07) is 5.95. The Hall–Kier alpha value is -0.240. The minimum atomic E-state index is 0.208. The van der Waals surface area contributed by atoms with Crippen molar-refractivity contribution in [2.75, 3.05) is 0 Å². The van der Waals surface area contributed by atoms with Crippen LogP contribution in [0.25, 0.3) is 0 Å². The molecular formula is C11H15Cl2N. The summed E-state index contributed by atoms with van der Waals surface area (Å²) < 4.78 is 0. The summed E-state index contributed by atoms with van der Waals surface area (Å²) in [6.07, 6.45) is 0.956. The maximum atomic E-state index is 5.93. The van der Waals surface area contributed by atoms with Crippen molar-refractivity contribution in [1.29, 1.82) is 0 Å². The van der Waals surface area contributed by atoms with E-state index in [4.69, 9.17) is 28.9 Å². The minimum absolute atomic E-state index is 0.208. The molecule has 0 bridgehead atoms. The minimum Gasteiger partial charge on any atom is -0.328 e. The van der Waals surface area contributed by atoms with Crippen LogP contribution in [-0.2, 0) is 0 Å². The van der Waals surface area contributed by atoms with Crippen molar-refractivity contribution in [2.45, 2.75) is 32.2 Å². The molecule has 0 heterocycles. The molecular weight excluding hydrogens is 217 g/mol. The summed E-state index contributed by atoms with van der Waals surface area (Å²) in [7, 11) is 0. The van der Waals surface area contributed by atoms with Crippen molar-refractivity contribution in [2.24, 2.45) is 5.73 Å². The highest BCUT2D eigenvalue weighted by molar-refractivity contribution is 6.42. The predicted octanol–water partition coefficient (Wildman–Crippen LogP) is 3.83. The topological polar surface area (TPSA) is 26.0 Å². The van der Waals surface area contributed by atoms with Crippen molar-refractivity contribution >= 4 is 23.2 Å². The third-order valence-corrected chi connectivity index (χ3v) is 2.98. The van der Waals surface area contributed by atoms with Crippen LogP contribution >= 0.6 is 23.2 Å². The van der Waals surface area contributed by atoms with Gasteiger partial charge in [0.25, 0.3) is 0 Å². The second kappa shape index (κ2) is 5.01. The van der Waals surface area contributed by atoms with Crippen LogP contribution < -0.4 is 5.73 Å². The highest BCUT2D eigenvalue weighted by Gasteiger charge is 2.09. The van der Waals surface area contributed by atoms with Gasteiger partial charge in [-0.2, -0.15) is 0 Å². The van der Waals surface area contributed by atoms with Gasteiger partial charge in [0.2, 0.25) is 0 Å². The van der Waals surface area contributed by atoms with E-state index in [2.05, 4.69) is 6.92 Å². The van der Waals surface area contributed by atoms with E-state index in [1.165, 1.54) is 5.56 Å². The van der Waals surface area contributed by atoms with Crippen molar-refractivity contribution in [3.63, 3.8) is 0 Å². The zero-order valence-corrected chi connectivity index (χ0v) is 9.94. The van der Waals surface area contributed by atoms with Crippen LogP contribution in [0.15, 0.2) is 18.2 Å². The zero-order valence-electron chi connectivity index (χ0n) is 8.43. The largest absolute Gasteiger partial charge is 0.328 e. The van der Waals surface area contributed by atoms with Crippen molar-refractivity contribution in [3.05, 3.63) is 33.8 Å². The molecule has 1 nitrogen and oxygen atoms in total. The van der Waals surface area contributed by atoms with Crippen LogP contribution in [0.1, 0.15) is 31.7 Å². The van der Waals surface area contributed by atoms with E-state index in [0.29, 0.717) is 16.0 Å². The van der Waals surface area contributed by atoms with E-state index in [9.17, 15) is 0 Å². The molecule has 0 spiro atoms. The summed E-state index contributed by atoms with van der Waals surface area (Å²) in [5.74, 6) is 0.421. The third kappa shape index (κ3) is 3.16. The molecule has 0 aliphatic rings. The van der Waals surface area contributed by atoms with Gasteiger partial charge in [-0.25, -0.2) is 0 Å². The fourth-order valence-electron chi connectivity index (χ4n) is 1.51. The van der Waals surface area contributed by atoms with Crippen LogP contribution in [-0.4, -0.2) is 6.04 Å². The van der Waals surface area contributed by atoms with Crippen LogP contribution in [0.3, 0.4) is 0 Å². The van der Waals surface area contributed by atoms with Gasteiger partial charge in [0.1, 0.15) is 0 Å². The standard InChI is InChI=1S/C11H15Cl2N/c1-7(5-8(2)14)9-3-4-10(12)11(13)6-9/h3-4,6-8H,5,14H2,1-2H3. The van der Waals surface area contributed by atoms with E-state index in [1.54, 1.807) is 0 Å². The van der Waals surface area contributed by atoms with E-state index < -0.39 is 0 Å².